The van der Waals surface area contributed by atoms with Crippen LogP contribution in [0.3, 0.4) is 0 Å². The van der Waals surface area contributed by atoms with Gasteiger partial charge in [0.05, 0.1) is 39.1 Å². The number of aliphatic hydroxyl groups excluding tert-OH is 3. The summed E-state index contributed by atoms with van der Waals surface area (Å²) in [6.07, 6.45) is 3.97. The highest BCUT2D eigenvalue weighted by Crippen LogP contribution is 2.30. The van der Waals surface area contributed by atoms with E-state index in [0.717, 1.165) is 19.4 Å². The molecule has 5 rings (SSSR count). The molecule has 4 fully saturated rings. The van der Waals surface area contributed by atoms with E-state index in [-0.39, 0.29) is 37.6 Å². The first-order valence-electron chi connectivity index (χ1n) is 11.7. The standard InChI is InChI=1S/C9H16O5.C9H14O3.C5H10O2/c1-9(2)13-4-6-8(14-9)7(11)5(10)3-12-6;1-9(2)11-6-8-7(12-9)4-3-5-10-8;6-4-5-2-1-3-7-5/h5-8,10-11H,3-4H2,1-2H3;3-4,7-8H,5-6H2,1-2H3;5-6H,1-4H2/t5-,6-,7-,8-;7-,8+;/m01./s1. The minimum Gasteiger partial charge on any atom is -0.394 e. The van der Waals surface area contributed by atoms with Gasteiger partial charge in [-0.3, -0.25) is 0 Å². The smallest absolute Gasteiger partial charge is 0.163 e. The highest BCUT2D eigenvalue weighted by molar-refractivity contribution is 5.00. The van der Waals surface area contributed by atoms with Crippen molar-refractivity contribution < 1.29 is 48.5 Å². The van der Waals surface area contributed by atoms with Gasteiger partial charge in [-0.05, 0) is 40.5 Å². The molecule has 5 aliphatic heterocycles. The van der Waals surface area contributed by atoms with Gasteiger partial charge in [0, 0.05) is 6.61 Å². The van der Waals surface area contributed by atoms with Crippen LogP contribution in [0.15, 0.2) is 12.2 Å². The predicted molar refractivity (Wildman–Crippen MR) is 117 cm³/mol. The van der Waals surface area contributed by atoms with Gasteiger partial charge in [-0.2, -0.15) is 0 Å². The molecule has 33 heavy (non-hydrogen) atoms. The maximum atomic E-state index is 9.69. The van der Waals surface area contributed by atoms with Crippen LogP contribution in [0.25, 0.3) is 0 Å². The van der Waals surface area contributed by atoms with Crippen molar-refractivity contribution in [3.63, 3.8) is 0 Å². The molecule has 10 heteroatoms. The fourth-order valence-corrected chi connectivity index (χ4v) is 4.07. The minimum absolute atomic E-state index is 0.0718. The molecule has 0 aliphatic carbocycles. The normalized spacial score (nSPS) is 40.9. The van der Waals surface area contributed by atoms with Gasteiger partial charge in [-0.25, -0.2) is 0 Å². The molecule has 0 spiro atoms. The summed E-state index contributed by atoms with van der Waals surface area (Å²) >= 11 is 0. The van der Waals surface area contributed by atoms with E-state index in [4.69, 9.17) is 38.3 Å². The number of ether oxygens (including phenoxy) is 7. The minimum atomic E-state index is -0.892. The SMILES string of the molecule is CC1(C)OC[C@@H]2OCC=C[C@H]2O1.CC1(C)OC[C@@H]2OC[C@H](O)[C@H](O)[C@H]2O1.OCC1CCCO1. The zero-order valence-corrected chi connectivity index (χ0v) is 20.1. The summed E-state index contributed by atoms with van der Waals surface area (Å²) in [6, 6.07) is 0. The maximum Gasteiger partial charge on any atom is 0.163 e. The monoisotopic (exact) mass is 476 g/mol. The second-order valence-corrected chi connectivity index (χ2v) is 9.63. The molecule has 0 radical (unpaired) electrons. The summed E-state index contributed by atoms with van der Waals surface area (Å²) < 4.78 is 37.8. The van der Waals surface area contributed by atoms with Crippen molar-refractivity contribution >= 4 is 0 Å². The van der Waals surface area contributed by atoms with Gasteiger partial charge in [0.25, 0.3) is 0 Å². The molecule has 7 atom stereocenters. The largest absolute Gasteiger partial charge is 0.394 e. The van der Waals surface area contributed by atoms with Crippen LogP contribution in [0.2, 0.25) is 0 Å². The Labute approximate surface area is 195 Å². The molecule has 5 heterocycles. The van der Waals surface area contributed by atoms with Crippen molar-refractivity contribution in [2.45, 2.75) is 94.8 Å². The Morgan fingerprint density at radius 3 is 2.21 bits per heavy atom. The van der Waals surface area contributed by atoms with Crippen molar-refractivity contribution in [2.75, 3.05) is 39.6 Å². The first-order chi connectivity index (χ1) is 15.6. The number of rotatable bonds is 1. The lowest BCUT2D eigenvalue weighted by Gasteiger charge is -2.46. The highest BCUT2D eigenvalue weighted by Gasteiger charge is 2.46. The molecule has 0 amide bonds. The molecular formula is C23H40O10. The lowest BCUT2D eigenvalue weighted by molar-refractivity contribution is -0.346. The second kappa shape index (κ2) is 11.9. The number of aliphatic hydroxyl groups is 3. The zero-order chi connectivity index (χ0) is 24.1. The summed E-state index contributed by atoms with van der Waals surface area (Å²) in [5.74, 6) is -1.19. The Balaban J connectivity index is 0.000000147. The maximum absolute atomic E-state index is 9.69. The molecule has 0 aromatic heterocycles. The van der Waals surface area contributed by atoms with E-state index in [9.17, 15) is 10.2 Å². The summed E-state index contributed by atoms with van der Waals surface area (Å²) in [6.45, 7) is 10.3. The molecule has 0 saturated carbocycles. The molecule has 5 aliphatic rings. The molecule has 10 nitrogen and oxygen atoms in total. The van der Waals surface area contributed by atoms with Crippen molar-refractivity contribution in [3.05, 3.63) is 12.2 Å². The van der Waals surface area contributed by atoms with Crippen molar-refractivity contribution in [1.82, 2.24) is 0 Å². The average molecular weight is 477 g/mol. The molecule has 0 bridgehead atoms. The molecule has 3 N–H and O–H groups in total. The van der Waals surface area contributed by atoms with Crippen molar-refractivity contribution in [2.24, 2.45) is 0 Å². The van der Waals surface area contributed by atoms with Crippen molar-refractivity contribution in [3.8, 4) is 0 Å². The van der Waals surface area contributed by atoms with E-state index in [1.807, 2.05) is 19.9 Å². The molecule has 0 aromatic rings. The average Bonchev–Trinajstić information content (AvgIpc) is 3.31. The lowest BCUT2D eigenvalue weighted by Crippen LogP contribution is -2.61. The molecule has 0 aromatic carbocycles. The third kappa shape index (κ3) is 7.93. The van der Waals surface area contributed by atoms with Crippen LogP contribution in [-0.2, 0) is 33.2 Å². The van der Waals surface area contributed by atoms with Gasteiger partial charge in [0.1, 0.15) is 36.6 Å². The first-order valence-corrected chi connectivity index (χ1v) is 11.7. The van der Waals surface area contributed by atoms with Gasteiger partial charge in [0.15, 0.2) is 11.6 Å². The third-order valence-electron chi connectivity index (χ3n) is 5.93. The number of hydrogen-bond acceptors (Lipinski definition) is 10. The van der Waals surface area contributed by atoms with E-state index >= 15 is 0 Å². The van der Waals surface area contributed by atoms with Gasteiger partial charge in [0.2, 0.25) is 0 Å². The van der Waals surface area contributed by atoms with E-state index in [1.54, 1.807) is 13.8 Å². The lowest BCUT2D eigenvalue weighted by atomic mass is 9.99. The summed E-state index contributed by atoms with van der Waals surface area (Å²) in [5, 5.41) is 27.5. The fourth-order valence-electron chi connectivity index (χ4n) is 4.07. The molecule has 192 valence electrons. The second-order valence-electron chi connectivity index (χ2n) is 9.63. The quantitative estimate of drug-likeness (QED) is 0.461. The highest BCUT2D eigenvalue weighted by atomic mass is 16.7. The van der Waals surface area contributed by atoms with Crippen LogP contribution in [0, 0.1) is 0 Å². The first kappa shape index (κ1) is 26.9. The fraction of sp³-hybridized carbons (Fsp3) is 0.913. The van der Waals surface area contributed by atoms with Crippen LogP contribution in [0.1, 0.15) is 40.5 Å². The Kier molecular flexibility index (Phi) is 9.67. The van der Waals surface area contributed by atoms with Gasteiger partial charge >= 0.3 is 0 Å². The van der Waals surface area contributed by atoms with Crippen molar-refractivity contribution in [1.29, 1.82) is 0 Å². The Bertz CT molecular complexity index is 616. The van der Waals surface area contributed by atoms with Gasteiger partial charge < -0.3 is 48.5 Å². The number of fused-ring (bicyclic) bond motifs is 2. The molecular weight excluding hydrogens is 436 g/mol. The Morgan fingerprint density at radius 1 is 0.879 bits per heavy atom. The van der Waals surface area contributed by atoms with Crippen LogP contribution >= 0.6 is 0 Å². The van der Waals surface area contributed by atoms with Gasteiger partial charge in [-0.15, -0.1) is 0 Å². The van der Waals surface area contributed by atoms with E-state index in [2.05, 4.69) is 6.08 Å². The van der Waals surface area contributed by atoms with Crippen LogP contribution in [-0.4, -0.2) is 109 Å². The van der Waals surface area contributed by atoms with Gasteiger partial charge in [-0.1, -0.05) is 12.2 Å². The molecule has 1 unspecified atom stereocenters. The van der Waals surface area contributed by atoms with Crippen LogP contribution in [0.5, 0.6) is 0 Å². The Hall–Kier alpha value is -0.660. The third-order valence-corrected chi connectivity index (χ3v) is 5.93. The van der Waals surface area contributed by atoms with E-state index in [0.29, 0.717) is 19.8 Å². The number of hydrogen-bond donors (Lipinski definition) is 3. The molecule has 4 saturated heterocycles. The van der Waals surface area contributed by atoms with Crippen LogP contribution in [0.4, 0.5) is 0 Å². The predicted octanol–water partition coefficient (Wildman–Crippen LogP) is 0.509. The van der Waals surface area contributed by atoms with Crippen LogP contribution < -0.4 is 0 Å². The van der Waals surface area contributed by atoms with E-state index in [1.165, 1.54) is 0 Å². The zero-order valence-electron chi connectivity index (χ0n) is 20.1. The summed E-state index contributed by atoms with van der Waals surface area (Å²) in [7, 11) is 0. The topological polar surface area (TPSA) is 125 Å². The summed E-state index contributed by atoms with van der Waals surface area (Å²) in [5.41, 5.74) is 0. The van der Waals surface area contributed by atoms with E-state index < -0.39 is 29.9 Å². The Morgan fingerprint density at radius 2 is 1.58 bits per heavy atom. The summed E-state index contributed by atoms with van der Waals surface area (Å²) in [4.78, 5) is 0.